The Morgan fingerprint density at radius 2 is 2.20 bits per heavy atom. The molecule has 5 nitrogen and oxygen atoms in total. The molecule has 1 fully saturated rings. The van der Waals surface area contributed by atoms with Gasteiger partial charge in [0.05, 0.1) is 4.92 Å². The number of rotatable bonds is 2. The standard InChI is InChI=1S/C14H17BrN2O3/c1-9-7-11(17(19)20)3-4-12(9)14(18)16-6-5-13(15)10(2)8-16/h3-4,7,10,13H,5-6,8H2,1-2H3. The van der Waals surface area contributed by atoms with Crippen LogP contribution in [0.25, 0.3) is 0 Å². The van der Waals surface area contributed by atoms with Gasteiger partial charge in [0.15, 0.2) is 0 Å². The first-order valence-electron chi connectivity index (χ1n) is 6.58. The highest BCUT2D eigenvalue weighted by Gasteiger charge is 2.28. The monoisotopic (exact) mass is 340 g/mol. The third-order valence-electron chi connectivity index (χ3n) is 3.74. The van der Waals surface area contributed by atoms with E-state index in [0.717, 1.165) is 13.0 Å². The quantitative estimate of drug-likeness (QED) is 0.472. The minimum atomic E-state index is -0.445. The highest BCUT2D eigenvalue weighted by molar-refractivity contribution is 9.09. The maximum absolute atomic E-state index is 12.5. The van der Waals surface area contributed by atoms with Crippen molar-refractivity contribution in [2.45, 2.75) is 25.1 Å². The van der Waals surface area contributed by atoms with Crippen LogP contribution in [0, 0.1) is 23.0 Å². The Labute approximate surface area is 126 Å². The first kappa shape index (κ1) is 15.0. The first-order chi connectivity index (χ1) is 9.40. The number of aryl methyl sites for hydroxylation is 1. The third kappa shape index (κ3) is 3.00. The number of carbonyl (C=O) groups is 1. The van der Waals surface area contributed by atoms with Crippen molar-refractivity contribution in [1.82, 2.24) is 4.90 Å². The fourth-order valence-corrected chi connectivity index (χ4v) is 2.85. The molecule has 1 aromatic carbocycles. The summed E-state index contributed by atoms with van der Waals surface area (Å²) in [5.41, 5.74) is 1.22. The molecule has 2 rings (SSSR count). The average molecular weight is 341 g/mol. The van der Waals surface area contributed by atoms with Crippen molar-refractivity contribution in [3.63, 3.8) is 0 Å². The lowest BCUT2D eigenvalue weighted by Gasteiger charge is -2.34. The maximum Gasteiger partial charge on any atom is 0.269 e. The normalized spacial score (nSPS) is 22.6. The number of nitro benzene ring substituents is 1. The Morgan fingerprint density at radius 3 is 2.75 bits per heavy atom. The molecule has 20 heavy (non-hydrogen) atoms. The molecule has 0 spiro atoms. The van der Waals surface area contributed by atoms with Crippen molar-refractivity contribution in [1.29, 1.82) is 0 Å². The highest BCUT2D eigenvalue weighted by atomic mass is 79.9. The fraction of sp³-hybridized carbons (Fsp3) is 0.500. The molecule has 1 aliphatic rings. The van der Waals surface area contributed by atoms with E-state index in [0.29, 0.717) is 28.4 Å². The predicted octanol–water partition coefficient (Wildman–Crippen LogP) is 3.15. The highest BCUT2D eigenvalue weighted by Crippen LogP contribution is 2.26. The SMILES string of the molecule is Cc1cc([N+](=O)[O-])ccc1C(=O)N1CCC(Br)C(C)C1. The zero-order chi connectivity index (χ0) is 14.9. The number of nitrogens with zero attached hydrogens (tertiary/aromatic N) is 2. The average Bonchev–Trinajstić information content (AvgIpc) is 2.41. The van der Waals surface area contributed by atoms with Crippen LogP contribution in [0.15, 0.2) is 18.2 Å². The molecule has 1 amide bonds. The van der Waals surface area contributed by atoms with E-state index in [1.54, 1.807) is 13.0 Å². The number of likely N-dealkylation sites (tertiary alicyclic amines) is 1. The van der Waals surface area contributed by atoms with Crippen LogP contribution in [0.5, 0.6) is 0 Å². The van der Waals surface area contributed by atoms with E-state index < -0.39 is 4.92 Å². The van der Waals surface area contributed by atoms with Crippen molar-refractivity contribution >= 4 is 27.5 Å². The fourth-order valence-electron chi connectivity index (χ4n) is 2.47. The lowest BCUT2D eigenvalue weighted by Crippen LogP contribution is -2.43. The molecule has 0 N–H and O–H groups in total. The van der Waals surface area contributed by atoms with Gasteiger partial charge in [-0.25, -0.2) is 0 Å². The molecule has 0 radical (unpaired) electrons. The zero-order valence-corrected chi connectivity index (χ0v) is 13.1. The van der Waals surface area contributed by atoms with E-state index in [2.05, 4.69) is 22.9 Å². The molecule has 1 saturated heterocycles. The van der Waals surface area contributed by atoms with Gasteiger partial charge in [0.1, 0.15) is 0 Å². The van der Waals surface area contributed by atoms with Gasteiger partial charge in [-0.3, -0.25) is 14.9 Å². The van der Waals surface area contributed by atoms with Crippen LogP contribution < -0.4 is 0 Å². The van der Waals surface area contributed by atoms with E-state index in [1.165, 1.54) is 12.1 Å². The molecule has 6 heteroatoms. The molecule has 108 valence electrons. The largest absolute Gasteiger partial charge is 0.338 e. The van der Waals surface area contributed by atoms with Crippen molar-refractivity contribution in [2.75, 3.05) is 13.1 Å². The molecule has 0 aromatic heterocycles. The number of hydrogen-bond donors (Lipinski definition) is 0. The summed E-state index contributed by atoms with van der Waals surface area (Å²) >= 11 is 3.61. The second-order valence-corrected chi connectivity index (χ2v) is 6.47. The van der Waals surface area contributed by atoms with Gasteiger partial charge in [0.2, 0.25) is 0 Å². The molecule has 1 aromatic rings. The van der Waals surface area contributed by atoms with Gasteiger partial charge >= 0.3 is 0 Å². The molecular weight excluding hydrogens is 324 g/mol. The second-order valence-electron chi connectivity index (χ2n) is 5.29. The summed E-state index contributed by atoms with van der Waals surface area (Å²) in [5.74, 6) is 0.370. The van der Waals surface area contributed by atoms with Crippen LogP contribution >= 0.6 is 15.9 Å². The number of benzene rings is 1. The number of piperidine rings is 1. The van der Waals surface area contributed by atoms with Gasteiger partial charge in [-0.1, -0.05) is 22.9 Å². The molecule has 0 saturated carbocycles. The minimum Gasteiger partial charge on any atom is -0.338 e. The summed E-state index contributed by atoms with van der Waals surface area (Å²) in [4.78, 5) is 25.0. The third-order valence-corrected chi connectivity index (χ3v) is 5.10. The lowest BCUT2D eigenvalue weighted by atomic mass is 9.98. The van der Waals surface area contributed by atoms with Gasteiger partial charge in [-0.05, 0) is 30.9 Å². The van der Waals surface area contributed by atoms with E-state index in [1.807, 2.05) is 4.90 Å². The van der Waals surface area contributed by atoms with Gasteiger partial charge in [-0.15, -0.1) is 0 Å². The zero-order valence-electron chi connectivity index (χ0n) is 11.5. The summed E-state index contributed by atoms with van der Waals surface area (Å²) < 4.78 is 0. The molecule has 0 bridgehead atoms. The smallest absolute Gasteiger partial charge is 0.269 e. The predicted molar refractivity (Wildman–Crippen MR) is 80.2 cm³/mol. The van der Waals surface area contributed by atoms with Crippen molar-refractivity contribution in [3.8, 4) is 0 Å². The van der Waals surface area contributed by atoms with Crippen molar-refractivity contribution in [3.05, 3.63) is 39.4 Å². The van der Waals surface area contributed by atoms with E-state index in [9.17, 15) is 14.9 Å². The Bertz CT molecular complexity index is 547. The Morgan fingerprint density at radius 1 is 1.50 bits per heavy atom. The number of halogens is 1. The second kappa shape index (κ2) is 5.91. The van der Waals surface area contributed by atoms with Crippen LogP contribution in [-0.2, 0) is 0 Å². The number of amides is 1. The van der Waals surface area contributed by atoms with Crippen LogP contribution in [0.4, 0.5) is 5.69 Å². The van der Waals surface area contributed by atoms with Gasteiger partial charge in [0.25, 0.3) is 11.6 Å². The summed E-state index contributed by atoms with van der Waals surface area (Å²) in [5, 5.41) is 10.7. The number of carbonyl (C=O) groups excluding carboxylic acids is 1. The summed E-state index contributed by atoms with van der Waals surface area (Å²) in [7, 11) is 0. The molecule has 0 aliphatic carbocycles. The molecular formula is C14H17BrN2O3. The number of alkyl halides is 1. The van der Waals surface area contributed by atoms with Crippen molar-refractivity contribution < 1.29 is 9.72 Å². The summed E-state index contributed by atoms with van der Waals surface area (Å²) in [6.07, 6.45) is 0.929. The maximum atomic E-state index is 12.5. The minimum absolute atomic E-state index is 0.0200. The number of hydrogen-bond acceptors (Lipinski definition) is 3. The Balaban J connectivity index is 2.19. The van der Waals surface area contributed by atoms with Crippen molar-refractivity contribution in [2.24, 2.45) is 5.92 Å². The van der Waals surface area contributed by atoms with Gasteiger partial charge in [-0.2, -0.15) is 0 Å². The molecule has 1 aliphatic heterocycles. The van der Waals surface area contributed by atoms with E-state index in [4.69, 9.17) is 0 Å². The molecule has 1 heterocycles. The molecule has 2 unspecified atom stereocenters. The van der Waals surface area contributed by atoms with Gasteiger partial charge < -0.3 is 4.90 Å². The van der Waals surface area contributed by atoms with Crippen LogP contribution in [0.2, 0.25) is 0 Å². The molecule has 2 atom stereocenters. The van der Waals surface area contributed by atoms with Crippen LogP contribution in [0.3, 0.4) is 0 Å². The van der Waals surface area contributed by atoms with Crippen LogP contribution in [-0.4, -0.2) is 33.6 Å². The van der Waals surface area contributed by atoms with Gasteiger partial charge in [0, 0.05) is 35.6 Å². The summed E-state index contributed by atoms with van der Waals surface area (Å²) in [6, 6.07) is 4.40. The first-order valence-corrected chi connectivity index (χ1v) is 7.50. The topological polar surface area (TPSA) is 63.5 Å². The Hall–Kier alpha value is -1.43. The van der Waals surface area contributed by atoms with Crippen LogP contribution in [0.1, 0.15) is 29.3 Å². The van der Waals surface area contributed by atoms with E-state index in [-0.39, 0.29) is 11.6 Å². The van der Waals surface area contributed by atoms with E-state index >= 15 is 0 Å². The number of nitro groups is 1. The Kier molecular flexibility index (Phi) is 4.42. The lowest BCUT2D eigenvalue weighted by molar-refractivity contribution is -0.384. The number of non-ortho nitro benzene ring substituents is 1. The summed E-state index contributed by atoms with van der Waals surface area (Å²) in [6.45, 7) is 5.28.